The minimum Gasteiger partial charge on any atom is -0.803 e. The Morgan fingerprint density at radius 3 is 2.20 bits per heavy atom. The first-order valence-corrected chi connectivity index (χ1v) is 15.4. The van der Waals surface area contributed by atoms with Gasteiger partial charge in [-0.15, -0.1) is 29.4 Å². The molecule has 0 unspecified atom stereocenters. The van der Waals surface area contributed by atoms with Crippen LogP contribution in [-0.2, 0) is 26.5 Å². The van der Waals surface area contributed by atoms with Crippen LogP contribution in [0.15, 0.2) is 115 Å². The number of nitrogens with one attached hydrogen (secondary N) is 1. The van der Waals surface area contributed by atoms with E-state index in [9.17, 15) is 5.41 Å². The summed E-state index contributed by atoms with van der Waals surface area (Å²) in [7, 11) is 1.74. The molecule has 0 saturated carbocycles. The first-order valence-electron chi connectivity index (χ1n) is 14.6. The molecule has 6 aromatic carbocycles. The summed E-state index contributed by atoms with van der Waals surface area (Å²) in [5.74, 6) is 0. The molecular weight excluding hydrogens is 726 g/mol. The summed E-state index contributed by atoms with van der Waals surface area (Å²) in [6.07, 6.45) is 0. The van der Waals surface area contributed by atoms with Crippen molar-refractivity contribution in [2.45, 2.75) is 19.3 Å². The molecule has 1 aliphatic carbocycles. The molecule has 2 heterocycles. The van der Waals surface area contributed by atoms with Crippen LogP contribution in [0.4, 0.5) is 5.69 Å². The molecule has 0 fully saturated rings. The normalized spacial score (nSPS) is 13.0. The predicted molar refractivity (Wildman–Crippen MR) is 186 cm³/mol. The average molecular weight is 756 g/mol. The van der Waals surface area contributed by atoms with Crippen molar-refractivity contribution in [1.29, 1.82) is 0 Å². The summed E-state index contributed by atoms with van der Waals surface area (Å²) >= 11 is 1.67. The van der Waals surface area contributed by atoms with Crippen molar-refractivity contribution >= 4 is 69.8 Å². The van der Waals surface area contributed by atoms with Crippen molar-refractivity contribution in [3.05, 3.63) is 142 Å². The quantitative estimate of drug-likeness (QED) is 0.162. The van der Waals surface area contributed by atoms with Crippen molar-refractivity contribution in [2.24, 2.45) is 0 Å². The van der Waals surface area contributed by atoms with E-state index in [1.807, 2.05) is 42.5 Å². The second-order valence-electron chi connectivity index (χ2n) is 11.8. The molecule has 2 aromatic heterocycles. The molecule has 0 aliphatic heterocycles. The molecule has 1 aliphatic rings. The van der Waals surface area contributed by atoms with Gasteiger partial charge in [-0.1, -0.05) is 98.8 Å². The van der Waals surface area contributed by atoms with E-state index in [2.05, 4.69) is 96.9 Å². The SMILES string of the molecule is CC1(C)c2ccccc2-c2cc3c(cc21)[nH]c1ccc2ccccc2c13.C[N-]c1cccc2sc3ccccc3c(=[N-])c12.[W+2]. The number of nitrogens with zero attached hydrogens (tertiary/aromatic N) is 2. The molecular formula is C39H29N3SW. The van der Waals surface area contributed by atoms with E-state index in [0.29, 0.717) is 5.36 Å². The van der Waals surface area contributed by atoms with Gasteiger partial charge in [0.25, 0.3) is 0 Å². The van der Waals surface area contributed by atoms with Gasteiger partial charge in [-0.2, -0.15) is 0 Å². The van der Waals surface area contributed by atoms with Gasteiger partial charge in [0.2, 0.25) is 0 Å². The van der Waals surface area contributed by atoms with Crippen LogP contribution in [0.25, 0.3) is 74.6 Å². The summed E-state index contributed by atoms with van der Waals surface area (Å²) < 4.78 is 2.15. The Labute approximate surface area is 274 Å². The topological polar surface area (TPSA) is 52.2 Å². The van der Waals surface area contributed by atoms with Gasteiger partial charge >= 0.3 is 21.1 Å². The molecule has 5 heteroatoms. The van der Waals surface area contributed by atoms with E-state index in [4.69, 9.17) is 0 Å². The molecule has 44 heavy (non-hydrogen) atoms. The molecule has 0 spiro atoms. The average Bonchev–Trinajstić information content (AvgIpc) is 3.52. The van der Waals surface area contributed by atoms with Crippen LogP contribution in [0, 0.1) is 0 Å². The zero-order valence-corrected chi connectivity index (χ0v) is 28.4. The Hall–Kier alpha value is -4.24. The fraction of sp³-hybridized carbons (Fsp3) is 0.103. The summed E-state index contributed by atoms with van der Waals surface area (Å²) in [5, 5.41) is 21.9. The smallest absolute Gasteiger partial charge is 0.803 e. The molecule has 0 amide bonds. The number of aromatic amines is 1. The number of fused-ring (bicyclic) bond motifs is 10. The number of hydrogen-bond donors (Lipinski definition) is 1. The molecule has 3 nitrogen and oxygen atoms in total. The van der Waals surface area contributed by atoms with E-state index in [0.717, 1.165) is 25.9 Å². The van der Waals surface area contributed by atoms with E-state index >= 15 is 0 Å². The summed E-state index contributed by atoms with van der Waals surface area (Å²) in [4.78, 5) is 3.66. The standard InChI is InChI=1S/C25H19N.C14H10N2S.W/c1-25(2)20-10-6-5-9-17(20)18-13-19-23(14-21(18)25)26-22-12-11-15-7-3-4-8-16(15)24(19)22;1-16-10-6-4-8-12-13(10)14(15)9-5-2-3-7-11(9)17-12;/h3-14,26H,1-2H3;2-8H,1H3;/q;-2;+2. The third-order valence-corrected chi connectivity index (χ3v) is 10.2. The van der Waals surface area contributed by atoms with Crippen LogP contribution in [0.1, 0.15) is 25.0 Å². The molecule has 1 N–H and O–H groups in total. The largest absolute Gasteiger partial charge is 2.00 e. The van der Waals surface area contributed by atoms with Gasteiger partial charge in [-0.25, -0.2) is 0 Å². The molecule has 0 radical (unpaired) electrons. The Morgan fingerprint density at radius 1 is 0.636 bits per heavy atom. The van der Waals surface area contributed by atoms with E-state index in [1.54, 1.807) is 18.4 Å². The van der Waals surface area contributed by atoms with Crippen LogP contribution < -0.4 is 5.36 Å². The Bertz CT molecular complexity index is 2450. The van der Waals surface area contributed by atoms with Gasteiger partial charge in [0.15, 0.2) is 0 Å². The second-order valence-corrected chi connectivity index (χ2v) is 12.9. The van der Waals surface area contributed by atoms with Gasteiger partial charge in [0.1, 0.15) is 0 Å². The minimum absolute atomic E-state index is 0. The Morgan fingerprint density at radius 2 is 1.36 bits per heavy atom. The van der Waals surface area contributed by atoms with Gasteiger partial charge in [-0.3, -0.25) is 0 Å². The van der Waals surface area contributed by atoms with Crippen molar-refractivity contribution in [3.63, 3.8) is 0 Å². The van der Waals surface area contributed by atoms with Gasteiger partial charge in [-0.05, 0) is 74.1 Å². The maximum atomic E-state index is 10.4. The minimum atomic E-state index is 0. The molecule has 9 rings (SSSR count). The number of hydrogen-bond acceptors (Lipinski definition) is 1. The predicted octanol–water partition coefficient (Wildman–Crippen LogP) is 10.9. The van der Waals surface area contributed by atoms with Gasteiger partial charge < -0.3 is 15.7 Å². The van der Waals surface area contributed by atoms with Crippen LogP contribution >= 0.6 is 11.3 Å². The Balaban J connectivity index is 0.000000152. The van der Waals surface area contributed by atoms with Crippen molar-refractivity contribution in [3.8, 4) is 11.1 Å². The summed E-state index contributed by atoms with van der Waals surface area (Å²) in [6, 6.07) is 40.5. The van der Waals surface area contributed by atoms with Crippen molar-refractivity contribution in [1.82, 2.24) is 4.98 Å². The van der Waals surface area contributed by atoms with Crippen LogP contribution in [0.5, 0.6) is 0 Å². The fourth-order valence-corrected chi connectivity index (χ4v) is 8.01. The van der Waals surface area contributed by atoms with Crippen LogP contribution in [-0.4, -0.2) is 12.0 Å². The molecule has 0 saturated heterocycles. The summed E-state index contributed by atoms with van der Waals surface area (Å²) in [6.45, 7) is 4.67. The second kappa shape index (κ2) is 10.7. The first-order chi connectivity index (χ1) is 21.0. The molecule has 0 atom stereocenters. The number of rotatable bonds is 1. The van der Waals surface area contributed by atoms with Crippen LogP contribution in [0.3, 0.4) is 0 Å². The molecule has 8 aromatic rings. The van der Waals surface area contributed by atoms with Crippen molar-refractivity contribution in [2.75, 3.05) is 7.05 Å². The van der Waals surface area contributed by atoms with E-state index in [1.165, 1.54) is 54.8 Å². The third-order valence-electron chi connectivity index (χ3n) is 9.03. The van der Waals surface area contributed by atoms with E-state index < -0.39 is 0 Å². The zero-order valence-electron chi connectivity index (χ0n) is 24.7. The van der Waals surface area contributed by atoms with E-state index in [-0.39, 0.29) is 26.5 Å². The Kier molecular flexibility index (Phi) is 6.96. The fourth-order valence-electron chi connectivity index (χ4n) is 6.90. The van der Waals surface area contributed by atoms with Gasteiger partial charge in [0.05, 0.1) is 0 Å². The van der Waals surface area contributed by atoms with Gasteiger partial charge in [0, 0.05) is 36.6 Å². The number of H-pyrrole nitrogens is 1. The first kappa shape index (κ1) is 28.5. The maximum absolute atomic E-state index is 10.4. The molecule has 212 valence electrons. The summed E-state index contributed by atoms with van der Waals surface area (Å²) in [5.41, 5.74) is 8.93. The van der Waals surface area contributed by atoms with Crippen LogP contribution in [0.2, 0.25) is 0 Å². The number of aromatic nitrogens is 1. The monoisotopic (exact) mass is 755 g/mol. The number of benzene rings is 6. The maximum Gasteiger partial charge on any atom is 2.00 e. The third kappa shape index (κ3) is 4.23. The van der Waals surface area contributed by atoms with Crippen molar-refractivity contribution < 1.29 is 21.1 Å². The zero-order chi connectivity index (χ0) is 29.3. The molecule has 0 bridgehead atoms.